The van der Waals surface area contributed by atoms with E-state index in [0.717, 1.165) is 6.92 Å². The molecule has 1 N–H and O–H groups in total. The Morgan fingerprint density at radius 2 is 2.09 bits per heavy atom. The molecule has 0 aliphatic carbocycles. The molecule has 0 spiro atoms. The second-order valence-corrected chi connectivity index (χ2v) is 1.89. The van der Waals surface area contributed by atoms with Gasteiger partial charge in [0.15, 0.2) is 6.10 Å². The molecule has 0 bridgehead atoms. The van der Waals surface area contributed by atoms with Crippen molar-refractivity contribution in [3.63, 3.8) is 0 Å². The van der Waals surface area contributed by atoms with Crippen LogP contribution < -0.4 is 0 Å². The van der Waals surface area contributed by atoms with Crippen LogP contribution in [0.25, 0.3) is 0 Å². The van der Waals surface area contributed by atoms with Gasteiger partial charge in [-0.25, -0.2) is 4.79 Å². The maximum Gasteiger partial charge on any atom is 0.414 e. The number of carboxylic acid groups (broad SMARTS) is 1. The van der Waals surface area contributed by atoms with Crippen molar-refractivity contribution in [1.82, 2.24) is 0 Å². The van der Waals surface area contributed by atoms with Gasteiger partial charge >= 0.3 is 12.1 Å². The number of hydrogen-bond acceptors (Lipinski definition) is 2. The van der Waals surface area contributed by atoms with Gasteiger partial charge in [-0.3, -0.25) is 0 Å². The Kier molecular flexibility index (Phi) is 3.31. The summed E-state index contributed by atoms with van der Waals surface area (Å²) in [5, 5.41) is 7.94. The molecule has 0 saturated heterocycles. The van der Waals surface area contributed by atoms with Crippen molar-refractivity contribution in [2.24, 2.45) is 0 Å². The van der Waals surface area contributed by atoms with Gasteiger partial charge in [0.2, 0.25) is 0 Å². The van der Waals surface area contributed by atoms with E-state index in [1.54, 1.807) is 0 Å². The Morgan fingerprint density at radius 3 is 2.36 bits per heavy atom. The number of rotatable bonds is 3. The lowest BCUT2D eigenvalue weighted by atomic mass is 10.4. The molecule has 0 aromatic rings. The smallest absolute Gasteiger partial charge is 0.414 e. The number of halogens is 3. The van der Waals surface area contributed by atoms with Crippen molar-refractivity contribution in [3.05, 3.63) is 0 Å². The molecule has 0 fully saturated rings. The van der Waals surface area contributed by atoms with E-state index in [1.165, 1.54) is 0 Å². The quantitative estimate of drug-likeness (QED) is 0.691. The molecule has 66 valence electrons. The van der Waals surface area contributed by atoms with Crippen LogP contribution >= 0.6 is 0 Å². The summed E-state index contributed by atoms with van der Waals surface area (Å²) in [7, 11) is 0. The van der Waals surface area contributed by atoms with Crippen LogP contribution in [0.2, 0.25) is 0 Å². The maximum atomic E-state index is 11.6. The van der Waals surface area contributed by atoms with E-state index in [-0.39, 0.29) is 0 Å². The molecule has 0 radical (unpaired) electrons. The molecule has 0 unspecified atom stereocenters. The number of carbonyl (C=O) groups is 1. The van der Waals surface area contributed by atoms with Gasteiger partial charge < -0.3 is 9.84 Å². The zero-order valence-electron chi connectivity index (χ0n) is 5.68. The van der Waals surface area contributed by atoms with Crippen LogP contribution in [-0.4, -0.2) is 30.0 Å². The van der Waals surface area contributed by atoms with Crippen LogP contribution in [-0.2, 0) is 9.53 Å². The SMILES string of the molecule is C[C@@H](OCC(=O)O)C(F)(F)F. The van der Waals surface area contributed by atoms with Gasteiger partial charge in [0.05, 0.1) is 0 Å². The van der Waals surface area contributed by atoms with E-state index in [0.29, 0.717) is 0 Å². The predicted octanol–water partition coefficient (Wildman–Crippen LogP) is 1.04. The Balaban J connectivity index is 3.70. The van der Waals surface area contributed by atoms with E-state index in [4.69, 9.17) is 5.11 Å². The zero-order valence-corrected chi connectivity index (χ0v) is 5.68. The van der Waals surface area contributed by atoms with Gasteiger partial charge in [-0.15, -0.1) is 0 Å². The highest BCUT2D eigenvalue weighted by Crippen LogP contribution is 2.21. The molecular weight excluding hydrogens is 165 g/mol. The number of ether oxygens (including phenoxy) is 1. The molecule has 0 aliphatic rings. The first-order valence-electron chi connectivity index (χ1n) is 2.74. The minimum atomic E-state index is -4.49. The van der Waals surface area contributed by atoms with Crippen molar-refractivity contribution < 1.29 is 27.8 Å². The fourth-order valence-electron chi connectivity index (χ4n) is 0.291. The van der Waals surface area contributed by atoms with Crippen LogP contribution in [0, 0.1) is 0 Å². The molecule has 6 heteroatoms. The Labute approximate surface area is 60.8 Å². The molecule has 0 saturated carbocycles. The van der Waals surface area contributed by atoms with Crippen LogP contribution in [0.5, 0.6) is 0 Å². The van der Waals surface area contributed by atoms with Crippen molar-refractivity contribution >= 4 is 5.97 Å². The highest BCUT2D eigenvalue weighted by Gasteiger charge is 2.37. The van der Waals surface area contributed by atoms with E-state index in [2.05, 4.69) is 4.74 Å². The Morgan fingerprint density at radius 1 is 1.64 bits per heavy atom. The Hall–Kier alpha value is -0.780. The fourth-order valence-corrected chi connectivity index (χ4v) is 0.291. The zero-order chi connectivity index (χ0) is 9.07. The normalized spacial score (nSPS) is 14.5. The van der Waals surface area contributed by atoms with Gasteiger partial charge in [0.25, 0.3) is 0 Å². The fraction of sp³-hybridized carbons (Fsp3) is 0.800. The van der Waals surface area contributed by atoms with Crippen molar-refractivity contribution in [2.45, 2.75) is 19.2 Å². The average molecular weight is 172 g/mol. The largest absolute Gasteiger partial charge is 0.480 e. The summed E-state index contributed by atoms with van der Waals surface area (Å²) in [4.78, 5) is 9.74. The van der Waals surface area contributed by atoms with Gasteiger partial charge in [-0.2, -0.15) is 13.2 Å². The van der Waals surface area contributed by atoms with Gasteiger partial charge in [0, 0.05) is 0 Å². The maximum absolute atomic E-state index is 11.6. The van der Waals surface area contributed by atoms with E-state index in [1.807, 2.05) is 0 Å². The third kappa shape index (κ3) is 4.60. The molecule has 0 amide bonds. The molecular formula is C5H7F3O3. The van der Waals surface area contributed by atoms with E-state index in [9.17, 15) is 18.0 Å². The van der Waals surface area contributed by atoms with Gasteiger partial charge in [-0.1, -0.05) is 0 Å². The minimum Gasteiger partial charge on any atom is -0.480 e. The van der Waals surface area contributed by atoms with Gasteiger partial charge in [0.1, 0.15) is 6.61 Å². The number of hydrogen-bond donors (Lipinski definition) is 1. The highest BCUT2D eigenvalue weighted by molar-refractivity contribution is 5.68. The summed E-state index contributed by atoms with van der Waals surface area (Å²) >= 11 is 0. The first kappa shape index (κ1) is 10.2. The standard InChI is InChI=1S/C5H7F3O3/c1-3(5(6,7)8)11-2-4(9)10/h3H,2H2,1H3,(H,9,10)/t3-/m1/s1. The summed E-state index contributed by atoms with van der Waals surface area (Å²) in [5.74, 6) is -1.42. The lowest BCUT2D eigenvalue weighted by Crippen LogP contribution is -2.30. The number of alkyl halides is 3. The second kappa shape index (κ2) is 3.56. The van der Waals surface area contributed by atoms with Crippen LogP contribution in [0.1, 0.15) is 6.92 Å². The van der Waals surface area contributed by atoms with Crippen LogP contribution in [0.15, 0.2) is 0 Å². The summed E-state index contributed by atoms with van der Waals surface area (Å²) in [5.41, 5.74) is 0. The number of carboxylic acids is 1. The van der Waals surface area contributed by atoms with Crippen molar-refractivity contribution in [3.8, 4) is 0 Å². The van der Waals surface area contributed by atoms with Crippen LogP contribution in [0.4, 0.5) is 13.2 Å². The first-order chi connectivity index (χ1) is 4.84. The molecule has 0 aromatic heterocycles. The van der Waals surface area contributed by atoms with Crippen molar-refractivity contribution in [2.75, 3.05) is 6.61 Å². The monoisotopic (exact) mass is 172 g/mol. The van der Waals surface area contributed by atoms with E-state index >= 15 is 0 Å². The molecule has 0 aliphatic heterocycles. The molecule has 11 heavy (non-hydrogen) atoms. The third-order valence-electron chi connectivity index (χ3n) is 0.918. The predicted molar refractivity (Wildman–Crippen MR) is 29.1 cm³/mol. The average Bonchev–Trinajstić information content (AvgIpc) is 1.80. The molecule has 0 aromatic carbocycles. The summed E-state index contributed by atoms with van der Waals surface area (Å²) in [6, 6.07) is 0. The Bertz CT molecular complexity index is 142. The molecule has 0 heterocycles. The highest BCUT2D eigenvalue weighted by atomic mass is 19.4. The summed E-state index contributed by atoms with van der Waals surface area (Å²) < 4.78 is 38.7. The second-order valence-electron chi connectivity index (χ2n) is 1.89. The minimum absolute atomic E-state index is 0.753. The summed E-state index contributed by atoms with van der Waals surface area (Å²) in [6.07, 6.45) is -6.52. The van der Waals surface area contributed by atoms with Crippen molar-refractivity contribution in [1.29, 1.82) is 0 Å². The third-order valence-corrected chi connectivity index (χ3v) is 0.918. The summed E-state index contributed by atoms with van der Waals surface area (Å²) in [6.45, 7) is -0.177. The molecule has 1 atom stereocenters. The molecule has 3 nitrogen and oxygen atoms in total. The van der Waals surface area contributed by atoms with Gasteiger partial charge in [-0.05, 0) is 6.92 Å². The van der Waals surface area contributed by atoms with Crippen LogP contribution in [0.3, 0.4) is 0 Å². The van der Waals surface area contributed by atoms with E-state index < -0.39 is 24.9 Å². The topological polar surface area (TPSA) is 46.5 Å². The first-order valence-corrected chi connectivity index (χ1v) is 2.74. The lowest BCUT2D eigenvalue weighted by Gasteiger charge is -2.14. The lowest BCUT2D eigenvalue weighted by molar-refractivity contribution is -0.215. The molecule has 0 rings (SSSR count). The number of aliphatic carboxylic acids is 1.